The van der Waals surface area contributed by atoms with E-state index in [9.17, 15) is 14.3 Å². The average Bonchev–Trinajstić information content (AvgIpc) is 2.47. The summed E-state index contributed by atoms with van der Waals surface area (Å²) in [7, 11) is 0. The SMILES string of the molecule is C=CC(C#N)[C@H](CC)OC1CCN(C(=O)[C@H](C)O)CC1F. The highest BCUT2D eigenvalue weighted by molar-refractivity contribution is 5.80. The van der Waals surface area contributed by atoms with E-state index in [2.05, 4.69) is 12.6 Å². The van der Waals surface area contributed by atoms with E-state index in [1.165, 1.54) is 17.9 Å². The zero-order chi connectivity index (χ0) is 16.0. The first-order chi connectivity index (χ1) is 9.94. The highest BCUT2D eigenvalue weighted by Crippen LogP contribution is 2.23. The van der Waals surface area contributed by atoms with Crippen LogP contribution in [0.1, 0.15) is 26.7 Å². The maximum absolute atomic E-state index is 14.2. The molecule has 0 aromatic rings. The Bertz CT molecular complexity index is 408. The van der Waals surface area contributed by atoms with Crippen molar-refractivity contribution in [2.45, 2.75) is 51.2 Å². The summed E-state index contributed by atoms with van der Waals surface area (Å²) < 4.78 is 19.9. The molecule has 5 atom stereocenters. The minimum Gasteiger partial charge on any atom is -0.384 e. The number of halogens is 1. The minimum absolute atomic E-state index is 0.0872. The second kappa shape index (κ2) is 8.11. The fraction of sp³-hybridized carbons (Fsp3) is 0.733. The van der Waals surface area contributed by atoms with Gasteiger partial charge in [-0.2, -0.15) is 5.26 Å². The summed E-state index contributed by atoms with van der Waals surface area (Å²) in [6.07, 6.45) is -1.03. The van der Waals surface area contributed by atoms with E-state index in [4.69, 9.17) is 10.00 Å². The first-order valence-electron chi connectivity index (χ1n) is 7.23. The van der Waals surface area contributed by atoms with Crippen molar-refractivity contribution in [1.82, 2.24) is 4.90 Å². The third-order valence-electron chi connectivity index (χ3n) is 3.71. The number of carbonyl (C=O) groups excluding carboxylic acids is 1. The van der Waals surface area contributed by atoms with Crippen molar-refractivity contribution in [3.05, 3.63) is 12.7 Å². The molecule has 0 aromatic heterocycles. The summed E-state index contributed by atoms with van der Waals surface area (Å²) in [4.78, 5) is 13.0. The van der Waals surface area contributed by atoms with Gasteiger partial charge in [-0.25, -0.2) is 4.39 Å². The molecule has 1 aliphatic rings. The number of alkyl halides is 1. The smallest absolute Gasteiger partial charge is 0.251 e. The first-order valence-corrected chi connectivity index (χ1v) is 7.23. The number of hydrogen-bond acceptors (Lipinski definition) is 4. The van der Waals surface area contributed by atoms with Gasteiger partial charge in [0.05, 0.1) is 30.7 Å². The molecule has 0 bridgehead atoms. The molecule has 1 amide bonds. The van der Waals surface area contributed by atoms with Gasteiger partial charge in [-0.05, 0) is 19.8 Å². The number of nitriles is 1. The second-order valence-corrected chi connectivity index (χ2v) is 5.28. The molecule has 1 aliphatic heterocycles. The molecule has 0 saturated carbocycles. The minimum atomic E-state index is -1.32. The molecule has 0 aliphatic carbocycles. The lowest BCUT2D eigenvalue weighted by molar-refractivity contribution is -0.147. The molecule has 0 spiro atoms. The Morgan fingerprint density at radius 1 is 1.71 bits per heavy atom. The topological polar surface area (TPSA) is 73.6 Å². The van der Waals surface area contributed by atoms with Gasteiger partial charge >= 0.3 is 0 Å². The Morgan fingerprint density at radius 2 is 2.38 bits per heavy atom. The molecule has 5 nitrogen and oxygen atoms in total. The molecular formula is C15H23FN2O3. The number of aliphatic hydroxyl groups excluding tert-OH is 1. The Labute approximate surface area is 125 Å². The van der Waals surface area contributed by atoms with E-state index in [1.807, 2.05) is 6.92 Å². The van der Waals surface area contributed by atoms with E-state index in [0.717, 1.165) is 0 Å². The molecule has 1 rings (SSSR count). The largest absolute Gasteiger partial charge is 0.384 e. The van der Waals surface area contributed by atoms with Gasteiger partial charge in [0, 0.05) is 6.54 Å². The molecule has 21 heavy (non-hydrogen) atoms. The van der Waals surface area contributed by atoms with Gasteiger partial charge in [0.2, 0.25) is 0 Å². The van der Waals surface area contributed by atoms with Crippen LogP contribution in [0.3, 0.4) is 0 Å². The van der Waals surface area contributed by atoms with Crippen LogP contribution < -0.4 is 0 Å². The van der Waals surface area contributed by atoms with Gasteiger partial charge < -0.3 is 14.7 Å². The molecule has 118 valence electrons. The van der Waals surface area contributed by atoms with Gasteiger partial charge in [0.15, 0.2) is 0 Å². The first kappa shape index (κ1) is 17.6. The molecule has 1 heterocycles. The van der Waals surface area contributed by atoms with Crippen LogP contribution in [0.2, 0.25) is 0 Å². The summed E-state index contributed by atoms with van der Waals surface area (Å²) in [6.45, 7) is 7.09. The Kier molecular flexibility index (Phi) is 6.79. The monoisotopic (exact) mass is 298 g/mol. The van der Waals surface area contributed by atoms with E-state index in [0.29, 0.717) is 19.4 Å². The van der Waals surface area contributed by atoms with Crippen molar-refractivity contribution in [2.75, 3.05) is 13.1 Å². The van der Waals surface area contributed by atoms with Crippen molar-refractivity contribution < 1.29 is 19.0 Å². The maximum Gasteiger partial charge on any atom is 0.251 e. The molecule has 3 unspecified atom stereocenters. The van der Waals surface area contributed by atoms with Crippen LogP contribution in [0.4, 0.5) is 4.39 Å². The van der Waals surface area contributed by atoms with Gasteiger partial charge in [0.25, 0.3) is 5.91 Å². The summed E-state index contributed by atoms with van der Waals surface area (Å²) in [6, 6.07) is 2.09. The van der Waals surface area contributed by atoms with Crippen LogP contribution >= 0.6 is 0 Å². The summed E-state index contributed by atoms with van der Waals surface area (Å²) in [5.41, 5.74) is 0. The Hall–Kier alpha value is -1.45. The van der Waals surface area contributed by atoms with Crippen LogP contribution in [0, 0.1) is 17.2 Å². The quantitative estimate of drug-likeness (QED) is 0.753. The van der Waals surface area contributed by atoms with Crippen LogP contribution in [0.15, 0.2) is 12.7 Å². The second-order valence-electron chi connectivity index (χ2n) is 5.28. The van der Waals surface area contributed by atoms with Gasteiger partial charge in [-0.15, -0.1) is 6.58 Å². The fourth-order valence-corrected chi connectivity index (χ4v) is 2.45. The normalized spacial score (nSPS) is 26.5. The number of nitrogens with zero attached hydrogens (tertiary/aromatic N) is 2. The molecule has 1 fully saturated rings. The maximum atomic E-state index is 14.2. The third-order valence-corrected chi connectivity index (χ3v) is 3.71. The predicted molar refractivity (Wildman–Crippen MR) is 76.0 cm³/mol. The van der Waals surface area contributed by atoms with E-state index in [1.54, 1.807) is 0 Å². The number of rotatable bonds is 6. The van der Waals surface area contributed by atoms with Gasteiger partial charge in [-0.3, -0.25) is 4.79 Å². The number of ether oxygens (including phenoxy) is 1. The lowest BCUT2D eigenvalue weighted by Crippen LogP contribution is -2.51. The molecule has 6 heteroatoms. The lowest BCUT2D eigenvalue weighted by Gasteiger charge is -2.37. The highest BCUT2D eigenvalue weighted by atomic mass is 19.1. The van der Waals surface area contributed by atoms with E-state index in [-0.39, 0.29) is 6.54 Å². The summed E-state index contributed by atoms with van der Waals surface area (Å²) in [5.74, 6) is -0.941. The zero-order valence-electron chi connectivity index (χ0n) is 12.5. The van der Waals surface area contributed by atoms with Crippen LogP contribution in [0.25, 0.3) is 0 Å². The van der Waals surface area contributed by atoms with Crippen molar-refractivity contribution in [1.29, 1.82) is 5.26 Å². The third kappa shape index (κ3) is 4.51. The van der Waals surface area contributed by atoms with Crippen molar-refractivity contribution in [3.63, 3.8) is 0 Å². The summed E-state index contributed by atoms with van der Waals surface area (Å²) >= 11 is 0. The Morgan fingerprint density at radius 3 is 2.81 bits per heavy atom. The Balaban J connectivity index is 2.62. The number of hydrogen-bond donors (Lipinski definition) is 1. The van der Waals surface area contributed by atoms with Crippen molar-refractivity contribution in [2.24, 2.45) is 5.92 Å². The highest BCUT2D eigenvalue weighted by Gasteiger charge is 2.35. The molecule has 0 radical (unpaired) electrons. The molecule has 1 saturated heterocycles. The predicted octanol–water partition coefficient (Wildman–Crippen LogP) is 1.43. The van der Waals surface area contributed by atoms with Crippen LogP contribution in [-0.2, 0) is 9.53 Å². The van der Waals surface area contributed by atoms with Crippen LogP contribution in [-0.4, -0.2) is 53.5 Å². The van der Waals surface area contributed by atoms with Gasteiger partial charge in [0.1, 0.15) is 12.3 Å². The standard InChI is InChI=1S/C15H23FN2O3/c1-4-11(8-17)13(5-2)21-14-6-7-18(9-12(14)16)15(20)10(3)19/h4,10-14,19H,1,5-7,9H2,2-3H3/t10-,11?,12?,13-,14?/m0/s1. The van der Waals surface area contributed by atoms with Gasteiger partial charge in [-0.1, -0.05) is 13.0 Å². The number of carbonyl (C=O) groups is 1. The lowest BCUT2D eigenvalue weighted by atomic mass is 10.00. The van der Waals surface area contributed by atoms with Crippen molar-refractivity contribution in [3.8, 4) is 6.07 Å². The van der Waals surface area contributed by atoms with Crippen molar-refractivity contribution >= 4 is 5.91 Å². The summed E-state index contributed by atoms with van der Waals surface area (Å²) in [5, 5.41) is 18.3. The van der Waals surface area contributed by atoms with E-state index >= 15 is 0 Å². The number of likely N-dealkylation sites (tertiary alicyclic amines) is 1. The molecular weight excluding hydrogens is 275 g/mol. The van der Waals surface area contributed by atoms with Crippen LogP contribution in [0.5, 0.6) is 0 Å². The number of piperidine rings is 1. The number of amides is 1. The average molecular weight is 298 g/mol. The number of aliphatic hydroxyl groups is 1. The molecule has 1 N–H and O–H groups in total. The van der Waals surface area contributed by atoms with E-state index < -0.39 is 36.3 Å². The fourth-order valence-electron chi connectivity index (χ4n) is 2.45. The zero-order valence-corrected chi connectivity index (χ0v) is 12.5. The molecule has 0 aromatic carbocycles.